The number of carbonyl (C=O) groups is 1. The third-order valence-electron chi connectivity index (χ3n) is 2.65. The highest BCUT2D eigenvalue weighted by molar-refractivity contribution is 5.82. The average molecular weight is 244 g/mol. The van der Waals surface area contributed by atoms with Crippen molar-refractivity contribution in [3.63, 3.8) is 0 Å². The van der Waals surface area contributed by atoms with Gasteiger partial charge in [-0.15, -0.1) is 0 Å². The average Bonchev–Trinajstić information content (AvgIpc) is 2.82. The van der Waals surface area contributed by atoms with E-state index in [1.165, 1.54) is 0 Å². The second-order valence-electron chi connectivity index (χ2n) is 4.09. The number of benzene rings is 1. The fraction of sp³-hybridized carbons (Fsp3) is 0.231. The Morgan fingerprint density at radius 1 is 1.39 bits per heavy atom. The van der Waals surface area contributed by atoms with Gasteiger partial charge in [0, 0.05) is 13.2 Å². The molecule has 18 heavy (non-hydrogen) atoms. The molecule has 0 fully saturated rings. The van der Waals surface area contributed by atoms with Gasteiger partial charge in [-0.1, -0.05) is 30.3 Å². The molecular weight excluding hydrogens is 228 g/mol. The van der Waals surface area contributed by atoms with Crippen molar-refractivity contribution in [1.82, 2.24) is 15.1 Å². The van der Waals surface area contributed by atoms with Crippen molar-refractivity contribution in [2.45, 2.75) is 12.6 Å². The fourth-order valence-corrected chi connectivity index (χ4v) is 1.66. The van der Waals surface area contributed by atoms with Gasteiger partial charge in [0.2, 0.25) is 5.91 Å². The minimum atomic E-state index is -0.644. The Morgan fingerprint density at radius 2 is 2.11 bits per heavy atom. The van der Waals surface area contributed by atoms with Gasteiger partial charge in [0.1, 0.15) is 6.04 Å². The van der Waals surface area contributed by atoms with Gasteiger partial charge in [-0.3, -0.25) is 9.48 Å². The van der Waals surface area contributed by atoms with Crippen LogP contribution in [0, 0.1) is 0 Å². The van der Waals surface area contributed by atoms with Crippen LogP contribution in [0.25, 0.3) is 0 Å². The first-order valence-corrected chi connectivity index (χ1v) is 5.73. The molecule has 2 aromatic rings. The molecule has 5 heteroatoms. The zero-order valence-corrected chi connectivity index (χ0v) is 10.2. The van der Waals surface area contributed by atoms with Crippen molar-refractivity contribution in [2.75, 3.05) is 0 Å². The fourth-order valence-electron chi connectivity index (χ4n) is 1.66. The van der Waals surface area contributed by atoms with Crippen molar-refractivity contribution in [3.05, 3.63) is 53.9 Å². The van der Waals surface area contributed by atoms with E-state index in [1.54, 1.807) is 4.68 Å². The van der Waals surface area contributed by atoms with Crippen molar-refractivity contribution >= 4 is 5.91 Å². The normalized spacial score (nSPS) is 12.1. The van der Waals surface area contributed by atoms with Crippen molar-refractivity contribution < 1.29 is 4.79 Å². The minimum Gasteiger partial charge on any atom is -0.349 e. The first kappa shape index (κ1) is 12.3. The Labute approximate surface area is 106 Å². The number of hydrogen-bond acceptors (Lipinski definition) is 3. The molecule has 5 nitrogen and oxygen atoms in total. The molecule has 1 aromatic heterocycles. The van der Waals surface area contributed by atoms with Crippen LogP contribution in [0.4, 0.5) is 0 Å². The lowest BCUT2D eigenvalue weighted by Crippen LogP contribution is -2.33. The van der Waals surface area contributed by atoms with E-state index in [0.717, 1.165) is 11.3 Å². The van der Waals surface area contributed by atoms with Gasteiger partial charge in [0.15, 0.2) is 0 Å². The molecule has 94 valence electrons. The van der Waals surface area contributed by atoms with Crippen LogP contribution in [0.3, 0.4) is 0 Å². The Bertz CT molecular complexity index is 521. The predicted molar refractivity (Wildman–Crippen MR) is 68.4 cm³/mol. The number of nitrogens with one attached hydrogen (secondary N) is 1. The first-order valence-electron chi connectivity index (χ1n) is 5.73. The Morgan fingerprint density at radius 3 is 2.72 bits per heavy atom. The maximum Gasteiger partial charge on any atom is 0.241 e. The largest absolute Gasteiger partial charge is 0.349 e. The smallest absolute Gasteiger partial charge is 0.241 e. The Hall–Kier alpha value is -2.14. The molecule has 0 spiro atoms. The molecule has 0 aliphatic rings. The quantitative estimate of drug-likeness (QED) is 0.833. The number of amides is 1. The lowest BCUT2D eigenvalue weighted by molar-refractivity contribution is -0.122. The van der Waals surface area contributed by atoms with E-state index >= 15 is 0 Å². The summed E-state index contributed by atoms with van der Waals surface area (Å²) in [6.07, 6.45) is 1.83. The van der Waals surface area contributed by atoms with E-state index in [4.69, 9.17) is 5.73 Å². The molecule has 0 aliphatic heterocycles. The van der Waals surface area contributed by atoms with Gasteiger partial charge >= 0.3 is 0 Å². The number of hydrogen-bond donors (Lipinski definition) is 2. The highest BCUT2D eigenvalue weighted by Gasteiger charge is 2.14. The first-order chi connectivity index (χ1) is 8.66. The van der Waals surface area contributed by atoms with Crippen molar-refractivity contribution in [1.29, 1.82) is 0 Å². The summed E-state index contributed by atoms with van der Waals surface area (Å²) in [6.45, 7) is 0.389. The van der Waals surface area contributed by atoms with Crippen molar-refractivity contribution in [3.8, 4) is 0 Å². The van der Waals surface area contributed by atoms with Gasteiger partial charge in [0.05, 0.1) is 12.2 Å². The SMILES string of the molecule is Cn1ccc(CNC(=O)[C@H](N)c2ccccc2)n1. The molecule has 0 saturated heterocycles. The van der Waals surface area contributed by atoms with Gasteiger partial charge in [-0.25, -0.2) is 0 Å². The van der Waals surface area contributed by atoms with Crippen LogP contribution in [0.5, 0.6) is 0 Å². The van der Waals surface area contributed by atoms with Crippen LogP contribution in [-0.4, -0.2) is 15.7 Å². The zero-order chi connectivity index (χ0) is 13.0. The topological polar surface area (TPSA) is 72.9 Å². The summed E-state index contributed by atoms with van der Waals surface area (Å²) < 4.78 is 1.69. The van der Waals surface area contributed by atoms with Gasteiger partial charge < -0.3 is 11.1 Å². The summed E-state index contributed by atoms with van der Waals surface area (Å²) in [4.78, 5) is 11.9. The summed E-state index contributed by atoms with van der Waals surface area (Å²) in [5.74, 6) is -0.202. The number of nitrogens with two attached hydrogens (primary N) is 1. The molecule has 0 unspecified atom stereocenters. The summed E-state index contributed by atoms with van der Waals surface area (Å²) in [7, 11) is 1.83. The minimum absolute atomic E-state index is 0.202. The second kappa shape index (κ2) is 5.46. The molecule has 1 aromatic carbocycles. The third-order valence-corrected chi connectivity index (χ3v) is 2.65. The maximum atomic E-state index is 11.9. The van der Waals surface area contributed by atoms with Gasteiger partial charge in [-0.2, -0.15) is 5.10 Å². The molecule has 1 atom stereocenters. The van der Waals surface area contributed by atoms with E-state index in [9.17, 15) is 4.79 Å². The number of aryl methyl sites for hydroxylation is 1. The molecule has 3 N–H and O–H groups in total. The van der Waals surface area contributed by atoms with E-state index in [-0.39, 0.29) is 5.91 Å². The summed E-state index contributed by atoms with van der Waals surface area (Å²) in [5, 5.41) is 6.95. The van der Waals surface area contributed by atoms with E-state index < -0.39 is 6.04 Å². The third kappa shape index (κ3) is 2.95. The summed E-state index contributed by atoms with van der Waals surface area (Å²) >= 11 is 0. The van der Waals surface area contributed by atoms with E-state index in [2.05, 4.69) is 10.4 Å². The number of carbonyl (C=O) groups excluding carboxylic acids is 1. The molecule has 1 amide bonds. The zero-order valence-electron chi connectivity index (χ0n) is 10.2. The van der Waals surface area contributed by atoms with Crippen LogP contribution in [0.15, 0.2) is 42.6 Å². The van der Waals surface area contributed by atoms with Crippen LogP contribution in [0.2, 0.25) is 0 Å². The molecular formula is C13H16N4O. The molecule has 0 aliphatic carbocycles. The lowest BCUT2D eigenvalue weighted by atomic mass is 10.1. The number of aromatic nitrogens is 2. The Balaban J connectivity index is 1.92. The van der Waals surface area contributed by atoms with Gasteiger partial charge in [-0.05, 0) is 11.6 Å². The maximum absolute atomic E-state index is 11.9. The molecule has 0 bridgehead atoms. The highest BCUT2D eigenvalue weighted by atomic mass is 16.2. The van der Waals surface area contributed by atoms with Crippen LogP contribution >= 0.6 is 0 Å². The van der Waals surface area contributed by atoms with Crippen LogP contribution in [0.1, 0.15) is 17.3 Å². The molecule has 0 radical (unpaired) electrons. The van der Waals surface area contributed by atoms with Gasteiger partial charge in [0.25, 0.3) is 0 Å². The Kier molecular flexibility index (Phi) is 3.74. The predicted octanol–water partition coefficient (Wildman–Crippen LogP) is 0.736. The van der Waals surface area contributed by atoms with Crippen molar-refractivity contribution in [2.24, 2.45) is 12.8 Å². The lowest BCUT2D eigenvalue weighted by Gasteiger charge is -2.11. The standard InChI is InChI=1S/C13H16N4O/c1-17-8-7-11(16-17)9-15-13(18)12(14)10-5-3-2-4-6-10/h2-8,12H,9,14H2,1H3,(H,15,18)/t12-/m1/s1. The van der Waals surface area contributed by atoms with Crippen LogP contribution in [-0.2, 0) is 18.4 Å². The molecule has 0 saturated carbocycles. The molecule has 1 heterocycles. The van der Waals surface area contributed by atoms with E-state index in [0.29, 0.717) is 6.54 Å². The highest BCUT2D eigenvalue weighted by Crippen LogP contribution is 2.09. The summed E-state index contributed by atoms with van der Waals surface area (Å²) in [5.41, 5.74) is 7.48. The number of rotatable bonds is 4. The monoisotopic (exact) mass is 244 g/mol. The molecule has 2 rings (SSSR count). The summed E-state index contributed by atoms with van der Waals surface area (Å²) in [6, 6.07) is 10.5. The second-order valence-corrected chi connectivity index (χ2v) is 4.09. The number of nitrogens with zero attached hydrogens (tertiary/aromatic N) is 2. The van der Waals surface area contributed by atoms with E-state index in [1.807, 2.05) is 49.6 Å². The van der Waals surface area contributed by atoms with Crippen LogP contribution < -0.4 is 11.1 Å².